The number of aliphatic hydroxyl groups excluding tert-OH is 1. The number of fused-ring (bicyclic) bond motifs is 5. The standard InChI is InChI=1S/C29H30FN3O6S/c1-3-29(38)19-10-23-26-17(12-33(23)27(36)18(19)13-39-28(29)37)25-22(32(14-35)6-8-40-9-7-34)5-4-16-15(2)20(30)11-21(31-26)24(16)25/h10-11,14,22,34,38H,3-9,12-13H2,1-2H3/t22-,29-/m0/s1. The average molecular weight is 568 g/mol. The number of aliphatic hydroxyl groups is 2. The van der Waals surface area contributed by atoms with Crippen molar-refractivity contribution in [3.63, 3.8) is 0 Å². The van der Waals surface area contributed by atoms with Gasteiger partial charge in [-0.05, 0) is 48.9 Å². The molecule has 0 unspecified atom stereocenters. The summed E-state index contributed by atoms with van der Waals surface area (Å²) in [5.41, 5.74) is 2.56. The molecular weight excluding hydrogens is 537 g/mol. The molecule has 1 aromatic carbocycles. The molecule has 2 aromatic heterocycles. The molecule has 0 saturated carbocycles. The molecule has 3 aliphatic rings. The minimum absolute atomic E-state index is 0.0312. The van der Waals surface area contributed by atoms with Gasteiger partial charge in [0.1, 0.15) is 12.4 Å². The minimum atomic E-state index is -1.95. The molecular formula is C29H30FN3O6S. The summed E-state index contributed by atoms with van der Waals surface area (Å²) in [5.74, 6) is 0.0650. The highest BCUT2D eigenvalue weighted by molar-refractivity contribution is 7.99. The van der Waals surface area contributed by atoms with Crippen LogP contribution in [0.5, 0.6) is 0 Å². The number of hydrogen-bond donors (Lipinski definition) is 2. The summed E-state index contributed by atoms with van der Waals surface area (Å²) in [4.78, 5) is 45.2. The SMILES string of the molecule is CC[C@@]1(O)C(=O)OCc2c1cc1n(c2=O)Cc2c-1nc1cc(F)c(C)c3c1c2[C@@H](N(C=O)CCSCCO)CC3. The third kappa shape index (κ3) is 3.82. The largest absolute Gasteiger partial charge is 0.458 e. The van der Waals surface area contributed by atoms with Crippen LogP contribution in [0.2, 0.25) is 0 Å². The van der Waals surface area contributed by atoms with Gasteiger partial charge in [0, 0.05) is 40.6 Å². The van der Waals surface area contributed by atoms with Crippen LogP contribution < -0.4 is 5.56 Å². The lowest BCUT2D eigenvalue weighted by Crippen LogP contribution is -2.44. The molecule has 210 valence electrons. The van der Waals surface area contributed by atoms with E-state index in [1.54, 1.807) is 41.1 Å². The quantitative estimate of drug-likeness (QED) is 0.189. The number of esters is 1. The van der Waals surface area contributed by atoms with E-state index in [4.69, 9.17) is 14.8 Å². The number of amides is 1. The van der Waals surface area contributed by atoms with E-state index in [0.29, 0.717) is 53.4 Å². The van der Waals surface area contributed by atoms with Gasteiger partial charge in [-0.15, -0.1) is 0 Å². The van der Waals surface area contributed by atoms with Gasteiger partial charge in [-0.1, -0.05) is 6.92 Å². The second-order valence-electron chi connectivity index (χ2n) is 10.5. The summed E-state index contributed by atoms with van der Waals surface area (Å²) < 4.78 is 21.8. The molecule has 0 radical (unpaired) electrons. The summed E-state index contributed by atoms with van der Waals surface area (Å²) in [5, 5.41) is 21.2. The number of benzene rings is 1. The number of carbonyl (C=O) groups is 2. The second-order valence-corrected chi connectivity index (χ2v) is 11.8. The Kier molecular flexibility index (Phi) is 6.71. The molecule has 0 fully saturated rings. The molecule has 0 spiro atoms. The number of halogens is 1. The van der Waals surface area contributed by atoms with Crippen molar-refractivity contribution in [1.29, 1.82) is 0 Å². The van der Waals surface area contributed by atoms with Crippen molar-refractivity contribution >= 4 is 35.0 Å². The van der Waals surface area contributed by atoms with Crippen molar-refractivity contribution < 1.29 is 28.9 Å². The van der Waals surface area contributed by atoms with E-state index >= 15 is 4.39 Å². The Labute approximate surface area is 234 Å². The Balaban J connectivity index is 1.58. The third-order valence-electron chi connectivity index (χ3n) is 8.61. The van der Waals surface area contributed by atoms with Gasteiger partial charge >= 0.3 is 5.97 Å². The highest BCUT2D eigenvalue weighted by Gasteiger charge is 2.46. The Morgan fingerprint density at radius 3 is 2.80 bits per heavy atom. The zero-order valence-electron chi connectivity index (χ0n) is 22.3. The van der Waals surface area contributed by atoms with E-state index in [0.717, 1.165) is 28.5 Å². The minimum Gasteiger partial charge on any atom is -0.458 e. The first-order chi connectivity index (χ1) is 19.2. The van der Waals surface area contributed by atoms with Gasteiger partial charge in [0.15, 0.2) is 5.60 Å². The maximum atomic E-state index is 15.1. The van der Waals surface area contributed by atoms with Crippen LogP contribution in [0, 0.1) is 12.7 Å². The van der Waals surface area contributed by atoms with Crippen molar-refractivity contribution in [2.45, 2.75) is 57.9 Å². The fraction of sp³-hybridized carbons (Fsp3) is 0.448. The summed E-state index contributed by atoms with van der Waals surface area (Å²) in [6.07, 6.45) is 2.04. The van der Waals surface area contributed by atoms with Gasteiger partial charge in [0.2, 0.25) is 6.41 Å². The van der Waals surface area contributed by atoms with Crippen LogP contribution in [0.15, 0.2) is 16.9 Å². The number of hydrogen-bond acceptors (Lipinski definition) is 8. The van der Waals surface area contributed by atoms with E-state index in [1.807, 2.05) is 0 Å². The zero-order valence-corrected chi connectivity index (χ0v) is 23.1. The van der Waals surface area contributed by atoms with Crippen LogP contribution in [0.3, 0.4) is 0 Å². The Hall–Kier alpha value is -3.28. The van der Waals surface area contributed by atoms with Gasteiger partial charge < -0.3 is 24.4 Å². The smallest absolute Gasteiger partial charge is 0.343 e. The number of aromatic nitrogens is 2. The van der Waals surface area contributed by atoms with E-state index in [1.165, 1.54) is 6.07 Å². The number of nitrogens with zero attached hydrogens (tertiary/aromatic N) is 3. The van der Waals surface area contributed by atoms with Crippen molar-refractivity contribution in [2.24, 2.45) is 0 Å². The van der Waals surface area contributed by atoms with Gasteiger partial charge in [-0.25, -0.2) is 14.2 Å². The lowest BCUT2D eigenvalue weighted by molar-refractivity contribution is -0.172. The van der Waals surface area contributed by atoms with Gasteiger partial charge in [-0.3, -0.25) is 9.59 Å². The van der Waals surface area contributed by atoms with E-state index in [-0.39, 0.29) is 54.7 Å². The first-order valence-corrected chi connectivity index (χ1v) is 14.6. The van der Waals surface area contributed by atoms with Crippen molar-refractivity contribution in [2.75, 3.05) is 24.7 Å². The molecule has 40 heavy (non-hydrogen) atoms. The number of pyridine rings is 2. The van der Waals surface area contributed by atoms with Crippen LogP contribution in [-0.4, -0.2) is 61.7 Å². The fourth-order valence-corrected chi connectivity index (χ4v) is 7.15. The molecule has 6 rings (SSSR count). The molecule has 4 heterocycles. The molecule has 1 aliphatic carbocycles. The third-order valence-corrected chi connectivity index (χ3v) is 9.56. The van der Waals surface area contributed by atoms with Gasteiger partial charge in [-0.2, -0.15) is 11.8 Å². The first-order valence-electron chi connectivity index (χ1n) is 13.5. The molecule has 2 aliphatic heterocycles. The normalized spacial score (nSPS) is 20.6. The number of ether oxygens (including phenoxy) is 1. The maximum Gasteiger partial charge on any atom is 0.343 e. The summed E-state index contributed by atoms with van der Waals surface area (Å²) >= 11 is 1.56. The predicted molar refractivity (Wildman–Crippen MR) is 147 cm³/mol. The van der Waals surface area contributed by atoms with Gasteiger partial charge in [0.25, 0.3) is 5.56 Å². The maximum absolute atomic E-state index is 15.1. The van der Waals surface area contributed by atoms with Crippen molar-refractivity contribution in [1.82, 2.24) is 14.5 Å². The number of aryl methyl sites for hydroxylation is 1. The number of rotatable bonds is 8. The predicted octanol–water partition coefficient (Wildman–Crippen LogP) is 2.70. The van der Waals surface area contributed by atoms with Crippen molar-refractivity contribution in [3.8, 4) is 11.4 Å². The molecule has 3 aromatic rings. The van der Waals surface area contributed by atoms with E-state index in [2.05, 4.69) is 0 Å². The van der Waals surface area contributed by atoms with Crippen molar-refractivity contribution in [3.05, 3.63) is 61.7 Å². The highest BCUT2D eigenvalue weighted by atomic mass is 32.2. The van der Waals surface area contributed by atoms with E-state index < -0.39 is 11.6 Å². The second kappa shape index (κ2) is 9.97. The van der Waals surface area contributed by atoms with E-state index in [9.17, 15) is 19.5 Å². The summed E-state index contributed by atoms with van der Waals surface area (Å²) in [7, 11) is 0. The summed E-state index contributed by atoms with van der Waals surface area (Å²) in [6, 6.07) is 2.74. The molecule has 1 amide bonds. The summed E-state index contributed by atoms with van der Waals surface area (Å²) in [6.45, 7) is 3.90. The Morgan fingerprint density at radius 2 is 2.08 bits per heavy atom. The molecule has 2 atom stereocenters. The van der Waals surface area contributed by atoms with Crippen LogP contribution >= 0.6 is 11.8 Å². The monoisotopic (exact) mass is 567 g/mol. The fourth-order valence-electron chi connectivity index (χ4n) is 6.48. The molecule has 0 saturated heterocycles. The molecule has 11 heteroatoms. The molecule has 2 N–H and O–H groups in total. The highest BCUT2D eigenvalue weighted by Crippen LogP contribution is 2.47. The zero-order chi connectivity index (χ0) is 28.3. The lowest BCUT2D eigenvalue weighted by Gasteiger charge is -2.35. The molecule has 0 bridgehead atoms. The lowest BCUT2D eigenvalue weighted by atomic mass is 9.81. The topological polar surface area (TPSA) is 122 Å². The molecule has 9 nitrogen and oxygen atoms in total. The number of thioether (sulfide) groups is 1. The Bertz CT molecular complexity index is 1640. The Morgan fingerprint density at radius 1 is 1.27 bits per heavy atom. The van der Waals surface area contributed by atoms with Crippen LogP contribution in [0.4, 0.5) is 4.39 Å². The first kappa shape index (κ1) is 26.9. The van der Waals surface area contributed by atoms with Crippen LogP contribution in [0.1, 0.15) is 59.2 Å². The average Bonchev–Trinajstić information content (AvgIpc) is 3.33. The number of carbonyl (C=O) groups excluding carboxylic acids is 2. The number of cyclic esters (lactones) is 1. The van der Waals surface area contributed by atoms with Crippen LogP contribution in [-0.2, 0) is 39.5 Å². The van der Waals surface area contributed by atoms with Gasteiger partial charge in [0.05, 0.1) is 41.7 Å². The van der Waals surface area contributed by atoms with Crippen LogP contribution in [0.25, 0.3) is 22.3 Å².